The Bertz CT molecular complexity index is 199. The topological polar surface area (TPSA) is 72.1 Å². The van der Waals surface area contributed by atoms with Crippen molar-refractivity contribution in [2.24, 2.45) is 10.8 Å². The van der Waals surface area contributed by atoms with Gasteiger partial charge in [-0.25, -0.2) is 10.8 Å². The second-order valence-electron chi connectivity index (χ2n) is 3.52. The summed E-state index contributed by atoms with van der Waals surface area (Å²) in [5.74, 6) is 6.06. The van der Waals surface area contributed by atoms with Crippen molar-refractivity contribution in [3.05, 3.63) is 0 Å². The van der Waals surface area contributed by atoms with E-state index in [2.05, 4.69) is 10.4 Å². The molecule has 0 heterocycles. The van der Waals surface area contributed by atoms with E-state index in [1.807, 2.05) is 25.8 Å². The van der Waals surface area contributed by atoms with E-state index in [4.69, 9.17) is 15.3 Å². The molecule has 96 valence electrons. The molecule has 16 heavy (non-hydrogen) atoms. The van der Waals surface area contributed by atoms with Crippen LogP contribution in [0, 0.1) is 0 Å². The fourth-order valence-electron chi connectivity index (χ4n) is 1.18. The van der Waals surface area contributed by atoms with Gasteiger partial charge < -0.3 is 14.4 Å². The van der Waals surface area contributed by atoms with Gasteiger partial charge in [0, 0.05) is 27.3 Å². The van der Waals surface area contributed by atoms with Crippen LogP contribution < -0.4 is 11.3 Å². The molecule has 0 aromatic rings. The number of rotatable bonds is 7. The number of ether oxygens (including phenoxy) is 2. The average Bonchev–Trinajstić information content (AvgIpc) is 2.26. The van der Waals surface area contributed by atoms with Gasteiger partial charge in [-0.05, 0) is 13.8 Å². The Labute approximate surface area is 97.8 Å². The molecule has 1 atom stereocenters. The molecule has 0 aliphatic heterocycles. The largest absolute Gasteiger partial charge is 0.382 e. The highest BCUT2D eigenvalue weighted by Gasteiger charge is 2.07. The first-order valence-corrected chi connectivity index (χ1v) is 5.47. The van der Waals surface area contributed by atoms with Crippen LogP contribution in [0.2, 0.25) is 0 Å². The van der Waals surface area contributed by atoms with Gasteiger partial charge in [-0.3, -0.25) is 5.43 Å². The van der Waals surface area contributed by atoms with Crippen LogP contribution in [0.15, 0.2) is 4.99 Å². The molecule has 0 spiro atoms. The lowest BCUT2D eigenvalue weighted by atomic mass is 10.4. The SMILES string of the molecule is CCOCCN(C)C(=NC(C)COC)NN. The number of hydrazine groups is 1. The normalized spacial score (nSPS) is 13.7. The molecular weight excluding hydrogens is 208 g/mol. The predicted octanol–water partition coefficient (Wildman–Crippen LogP) is -0.191. The van der Waals surface area contributed by atoms with Crippen molar-refractivity contribution in [1.29, 1.82) is 0 Å². The van der Waals surface area contributed by atoms with Gasteiger partial charge in [0.2, 0.25) is 5.96 Å². The van der Waals surface area contributed by atoms with Gasteiger partial charge in [0.05, 0.1) is 19.3 Å². The van der Waals surface area contributed by atoms with Gasteiger partial charge in [-0.2, -0.15) is 0 Å². The van der Waals surface area contributed by atoms with Crippen LogP contribution in [0.4, 0.5) is 0 Å². The first-order valence-electron chi connectivity index (χ1n) is 5.47. The lowest BCUT2D eigenvalue weighted by Gasteiger charge is -2.21. The van der Waals surface area contributed by atoms with Gasteiger partial charge >= 0.3 is 0 Å². The fourth-order valence-corrected chi connectivity index (χ4v) is 1.18. The lowest BCUT2D eigenvalue weighted by molar-refractivity contribution is 0.136. The minimum Gasteiger partial charge on any atom is -0.382 e. The molecule has 0 rings (SSSR count). The van der Waals surface area contributed by atoms with Crippen molar-refractivity contribution in [1.82, 2.24) is 10.3 Å². The molecule has 3 N–H and O–H groups in total. The van der Waals surface area contributed by atoms with Crippen LogP contribution >= 0.6 is 0 Å². The second-order valence-corrected chi connectivity index (χ2v) is 3.52. The maximum absolute atomic E-state index is 5.42. The van der Waals surface area contributed by atoms with Crippen molar-refractivity contribution in [2.75, 3.05) is 40.5 Å². The van der Waals surface area contributed by atoms with Crippen molar-refractivity contribution < 1.29 is 9.47 Å². The third kappa shape index (κ3) is 6.60. The summed E-state index contributed by atoms with van der Waals surface area (Å²) in [5, 5.41) is 0. The first-order chi connectivity index (χ1) is 7.65. The summed E-state index contributed by atoms with van der Waals surface area (Å²) in [5.41, 5.74) is 2.58. The number of guanidine groups is 1. The number of nitrogens with two attached hydrogens (primary N) is 1. The number of hydrogen-bond acceptors (Lipinski definition) is 4. The monoisotopic (exact) mass is 232 g/mol. The molecule has 0 saturated heterocycles. The molecule has 0 saturated carbocycles. The van der Waals surface area contributed by atoms with E-state index < -0.39 is 0 Å². The molecule has 0 amide bonds. The average molecular weight is 232 g/mol. The third-order valence-corrected chi connectivity index (χ3v) is 2.02. The standard InChI is InChI=1S/C10H24N4O2/c1-5-16-7-6-14(3)10(13-11)12-9(2)8-15-4/h9H,5-8,11H2,1-4H3,(H,12,13). The molecule has 6 nitrogen and oxygen atoms in total. The van der Waals surface area contributed by atoms with E-state index >= 15 is 0 Å². The van der Waals surface area contributed by atoms with Gasteiger partial charge in [0.25, 0.3) is 0 Å². The van der Waals surface area contributed by atoms with E-state index in [1.54, 1.807) is 7.11 Å². The zero-order chi connectivity index (χ0) is 12.4. The Morgan fingerprint density at radius 3 is 2.75 bits per heavy atom. The molecule has 0 aliphatic rings. The van der Waals surface area contributed by atoms with E-state index in [1.165, 1.54) is 0 Å². The van der Waals surface area contributed by atoms with Gasteiger partial charge in [-0.1, -0.05) is 0 Å². The van der Waals surface area contributed by atoms with Gasteiger partial charge in [0.1, 0.15) is 0 Å². The summed E-state index contributed by atoms with van der Waals surface area (Å²) in [6.07, 6.45) is 0. The number of methoxy groups -OCH3 is 1. The van der Waals surface area contributed by atoms with Crippen molar-refractivity contribution in [2.45, 2.75) is 19.9 Å². The molecule has 0 bridgehead atoms. The molecule has 0 radical (unpaired) electrons. The summed E-state index contributed by atoms with van der Waals surface area (Å²) in [4.78, 5) is 6.31. The van der Waals surface area contributed by atoms with Crippen LogP contribution in [0.25, 0.3) is 0 Å². The Balaban J connectivity index is 4.13. The minimum absolute atomic E-state index is 0.0746. The molecule has 0 aliphatic carbocycles. The van der Waals surface area contributed by atoms with Crippen LogP contribution in [-0.4, -0.2) is 57.4 Å². The van der Waals surface area contributed by atoms with Crippen LogP contribution in [0.5, 0.6) is 0 Å². The van der Waals surface area contributed by atoms with Crippen molar-refractivity contribution >= 4 is 5.96 Å². The Morgan fingerprint density at radius 1 is 1.56 bits per heavy atom. The number of likely N-dealkylation sites (N-methyl/N-ethyl adjacent to an activating group) is 1. The molecule has 0 fully saturated rings. The van der Waals surface area contributed by atoms with Gasteiger partial charge in [-0.15, -0.1) is 0 Å². The lowest BCUT2D eigenvalue weighted by Crippen LogP contribution is -2.44. The smallest absolute Gasteiger partial charge is 0.208 e. The van der Waals surface area contributed by atoms with Crippen LogP contribution in [0.1, 0.15) is 13.8 Å². The van der Waals surface area contributed by atoms with Crippen LogP contribution in [-0.2, 0) is 9.47 Å². The molecule has 6 heteroatoms. The maximum Gasteiger partial charge on any atom is 0.208 e. The second kappa shape index (κ2) is 9.38. The zero-order valence-electron chi connectivity index (χ0n) is 10.7. The molecule has 0 aromatic heterocycles. The predicted molar refractivity (Wildman–Crippen MR) is 65.2 cm³/mol. The van der Waals surface area contributed by atoms with E-state index in [9.17, 15) is 0 Å². The summed E-state index contributed by atoms with van der Waals surface area (Å²) in [7, 11) is 3.57. The zero-order valence-corrected chi connectivity index (χ0v) is 10.7. The van der Waals surface area contributed by atoms with E-state index in [0.29, 0.717) is 19.2 Å². The quantitative estimate of drug-likeness (QED) is 0.209. The first kappa shape index (κ1) is 15.2. The minimum atomic E-state index is 0.0746. The number of hydrogen-bond donors (Lipinski definition) is 2. The van der Waals surface area contributed by atoms with Crippen molar-refractivity contribution in [3.8, 4) is 0 Å². The highest BCUT2D eigenvalue weighted by Crippen LogP contribution is 1.93. The summed E-state index contributed by atoms with van der Waals surface area (Å²) in [6, 6.07) is 0.0746. The highest BCUT2D eigenvalue weighted by molar-refractivity contribution is 5.79. The summed E-state index contributed by atoms with van der Waals surface area (Å²) in [6.45, 7) is 6.64. The fraction of sp³-hybridized carbons (Fsp3) is 0.900. The Hall–Kier alpha value is -0.850. The van der Waals surface area contributed by atoms with E-state index in [-0.39, 0.29) is 6.04 Å². The van der Waals surface area contributed by atoms with Gasteiger partial charge in [0.15, 0.2) is 0 Å². The highest BCUT2D eigenvalue weighted by atomic mass is 16.5. The third-order valence-electron chi connectivity index (χ3n) is 2.02. The molecule has 1 unspecified atom stereocenters. The Kier molecular flexibility index (Phi) is 8.88. The number of nitrogens with one attached hydrogen (secondary N) is 1. The maximum atomic E-state index is 5.42. The summed E-state index contributed by atoms with van der Waals surface area (Å²) >= 11 is 0. The van der Waals surface area contributed by atoms with E-state index in [0.717, 1.165) is 13.2 Å². The summed E-state index contributed by atoms with van der Waals surface area (Å²) < 4.78 is 10.3. The number of nitrogens with zero attached hydrogens (tertiary/aromatic N) is 2. The van der Waals surface area contributed by atoms with Crippen molar-refractivity contribution in [3.63, 3.8) is 0 Å². The molecule has 0 aromatic carbocycles. The Morgan fingerprint density at radius 2 is 2.25 bits per heavy atom. The van der Waals surface area contributed by atoms with Crippen LogP contribution in [0.3, 0.4) is 0 Å². The number of aliphatic imine (C=N–C) groups is 1. The molecular formula is C10H24N4O2.